The van der Waals surface area contributed by atoms with Crippen molar-refractivity contribution in [2.24, 2.45) is 0 Å². The number of aliphatic hydroxyl groups excluding tert-OH is 4. The van der Waals surface area contributed by atoms with Crippen LogP contribution in [0.2, 0.25) is 0 Å². The summed E-state index contributed by atoms with van der Waals surface area (Å²) in [5, 5.41) is 64.2. The third-order valence-electron chi connectivity index (χ3n) is 25.9. The van der Waals surface area contributed by atoms with E-state index in [9.17, 15) is 67.6 Å². The van der Waals surface area contributed by atoms with E-state index in [1.165, 1.54) is 46.3 Å². The number of alkyl halides is 2. The minimum atomic E-state index is -2.83. The van der Waals surface area contributed by atoms with Gasteiger partial charge in [-0.1, -0.05) is 20.8 Å². The summed E-state index contributed by atoms with van der Waals surface area (Å²) in [6, 6.07) is 7.62. The van der Waals surface area contributed by atoms with Gasteiger partial charge in [0.25, 0.3) is 53.7 Å². The minimum Gasteiger partial charge on any atom is -0.394 e. The number of thiazole rings is 4. The van der Waals surface area contributed by atoms with Gasteiger partial charge in [0.2, 0.25) is 0 Å². The van der Waals surface area contributed by atoms with Crippen LogP contribution in [0.25, 0.3) is 41.8 Å². The van der Waals surface area contributed by atoms with Crippen LogP contribution in [0.5, 0.6) is 0 Å². The van der Waals surface area contributed by atoms with Gasteiger partial charge >= 0.3 is 0 Å². The molecule has 32 nitrogen and oxygen atoms in total. The lowest BCUT2D eigenvalue weighted by atomic mass is 9.89. The van der Waals surface area contributed by atoms with Crippen LogP contribution in [0.3, 0.4) is 0 Å². The Morgan fingerprint density at radius 3 is 1.07 bits per heavy atom. The fraction of sp³-hybridized carbons (Fsp3) is 0.588. The molecule has 8 amide bonds. The molecule has 7 aliphatic rings. The number of hydrogen-bond acceptors (Lipinski definition) is 28. The maximum absolute atomic E-state index is 14.2. The van der Waals surface area contributed by atoms with E-state index in [4.69, 9.17) is 0 Å². The molecule has 135 heavy (non-hydrogen) atoms. The predicted molar refractivity (Wildman–Crippen MR) is 526 cm³/mol. The number of aliphatic hydroxyl groups is 4. The van der Waals surface area contributed by atoms with Gasteiger partial charge in [0, 0.05) is 139 Å². The summed E-state index contributed by atoms with van der Waals surface area (Å²) in [5.74, 6) is 0.329. The standard InChI is InChI=1S/2C25H35N5O3S.C24H31F2N5O3S.C23H33N5O3S/c2*1-5-15(3)27-20-11-14(2)19(13-26-20)22-21(25(33)30-10-6-7-16(30)4)29-24(34-22)23(32)28-17-8-9-18(31)12-17;1-12-6-5-9-31(12)23(34)18-19(35-22(29-18)21(33)28-15-7-8-16(15)32)14-11-27-17(30-24(2,3)4)10-13(14)20(25)26;1-6-16(12-29)26-21(30)22-27-19(23(31)28-9-7-8-15(28)5)20(32-22)17-11-24-18(10-14(17)4)25-13(2)3/h2*11,13,15-18,31H,5-10,12H2,1-4H3,(H,26,27)(H,28,32);10-12,15-16,20,32H,5-9H2,1-4H3,(H,27,30)(H,28,33);10-11,13,15-16,29H,6-9,12H2,1-5H3,(H,24,25)(H,26,30)/t15-,16+,17+,18+;15-,16+,17-,18-;12-,15-,16-;15-,16-/m1100/s1. The fourth-order valence-corrected chi connectivity index (χ4v) is 21.6. The summed E-state index contributed by atoms with van der Waals surface area (Å²) < 4.78 is 28.4. The third-order valence-corrected chi connectivity index (χ3v) is 30.2. The third kappa shape index (κ3) is 26.0. The molecule has 3 aliphatic carbocycles. The molecule has 8 aromatic rings. The smallest absolute Gasteiger partial charge is 0.280 e. The van der Waals surface area contributed by atoms with E-state index in [2.05, 4.69) is 124 Å². The number of amides is 8. The average Bonchev–Trinajstić information content (AvgIpc) is 1.64. The van der Waals surface area contributed by atoms with Crippen molar-refractivity contribution in [2.75, 3.05) is 54.1 Å². The van der Waals surface area contributed by atoms with Crippen LogP contribution in [-0.2, 0) is 0 Å². The SMILES string of the molecule is CC[C@@H](C)Nc1cc(C)c(-c2sc(C(=O)N[C@@H]3CC[C@@H](O)C3)nc2C(=O)N2CCC[C@@H]2C)cn1.CC[C@@H](C)Nc1cc(C)c(-c2sc(C(=O)N[C@H]3CC[C@H](O)C3)nc2C(=O)N2CCC[C@@H]2C)cn1.CC[C@@H](CO)NC(=O)c1nc(C(=O)N2CCC[C@@H]2C)c(-c2cnc(NC(C)C)cc2C)s1.C[C@H]1CCCN1C(=O)c1nc(C(=O)N[C@H]2CC[C@@H]2O)sc1-c1cnc(NC(C)(C)C)cc1C(F)F. The Morgan fingerprint density at radius 2 is 0.785 bits per heavy atom. The van der Waals surface area contributed by atoms with Gasteiger partial charge in [-0.2, -0.15) is 0 Å². The summed E-state index contributed by atoms with van der Waals surface area (Å²) in [6.07, 6.45) is 17.7. The van der Waals surface area contributed by atoms with Gasteiger partial charge in [-0.3, -0.25) is 38.4 Å². The lowest BCUT2D eigenvalue weighted by Gasteiger charge is -2.32. The Hall–Kier alpha value is -10.2. The van der Waals surface area contributed by atoms with Crippen molar-refractivity contribution in [1.29, 1.82) is 0 Å². The number of hydrogen-bond donors (Lipinski definition) is 12. The van der Waals surface area contributed by atoms with Crippen molar-refractivity contribution in [2.45, 2.75) is 336 Å². The number of pyridine rings is 4. The first kappa shape index (κ1) is 104. The van der Waals surface area contributed by atoms with Crippen molar-refractivity contribution in [3.8, 4) is 41.8 Å². The number of carbonyl (C=O) groups excluding carboxylic acids is 8. The number of aromatic nitrogens is 8. The van der Waals surface area contributed by atoms with Gasteiger partial charge in [-0.15, -0.1) is 45.3 Å². The first-order valence-corrected chi connectivity index (χ1v) is 50.9. The molecular formula is C97H134F2N20O12S4. The topological polar surface area (TPSA) is 430 Å². The monoisotopic (exact) mass is 1940 g/mol. The van der Waals surface area contributed by atoms with E-state index >= 15 is 0 Å². The molecule has 7 fully saturated rings. The highest BCUT2D eigenvalue weighted by Gasteiger charge is 2.41. The molecule has 13 atom stereocenters. The van der Waals surface area contributed by atoms with Gasteiger partial charge in [0.15, 0.2) is 20.0 Å². The number of halogens is 2. The van der Waals surface area contributed by atoms with Gasteiger partial charge in [-0.25, -0.2) is 48.7 Å². The molecule has 3 saturated carbocycles. The van der Waals surface area contributed by atoms with E-state index in [1.807, 2.05) is 109 Å². The summed E-state index contributed by atoms with van der Waals surface area (Å²) in [4.78, 5) is 151. The van der Waals surface area contributed by atoms with E-state index in [0.29, 0.717) is 121 Å². The number of nitrogens with zero attached hydrogens (tertiary/aromatic N) is 12. The van der Waals surface area contributed by atoms with E-state index in [-0.39, 0.29) is 162 Å². The van der Waals surface area contributed by atoms with Gasteiger partial charge in [-0.05, 0) is 260 Å². The number of nitrogens with one attached hydrogen (secondary N) is 8. The molecule has 8 aromatic heterocycles. The van der Waals surface area contributed by atoms with Crippen molar-refractivity contribution in [3.63, 3.8) is 0 Å². The van der Waals surface area contributed by atoms with E-state index < -0.39 is 18.4 Å². The highest BCUT2D eigenvalue weighted by atomic mass is 32.1. The van der Waals surface area contributed by atoms with Crippen LogP contribution in [0.4, 0.5) is 32.1 Å². The molecule has 4 aliphatic heterocycles. The molecule has 0 radical (unpaired) electrons. The first-order chi connectivity index (χ1) is 64.2. The van der Waals surface area contributed by atoms with Crippen LogP contribution in [0.1, 0.15) is 329 Å². The maximum Gasteiger partial charge on any atom is 0.280 e. The predicted octanol–water partition coefficient (Wildman–Crippen LogP) is 15.7. The molecule has 12 N–H and O–H groups in total. The Bertz CT molecular complexity index is 5360. The maximum atomic E-state index is 14.2. The second kappa shape index (κ2) is 46.3. The Balaban J connectivity index is 0.000000162. The lowest BCUT2D eigenvalue weighted by molar-refractivity contribution is 0.0447. The summed E-state index contributed by atoms with van der Waals surface area (Å²) in [6.45, 7) is 36.6. The summed E-state index contributed by atoms with van der Waals surface area (Å²) in [5.41, 5.74) is 5.63. The van der Waals surface area contributed by atoms with Crippen LogP contribution < -0.4 is 42.5 Å². The molecule has 0 bridgehead atoms. The zero-order valence-electron chi connectivity index (χ0n) is 80.6. The van der Waals surface area contributed by atoms with Gasteiger partial charge in [0.1, 0.15) is 46.0 Å². The van der Waals surface area contributed by atoms with Crippen LogP contribution in [-0.4, -0.2) is 250 Å². The number of anilines is 4. The van der Waals surface area contributed by atoms with E-state index in [0.717, 1.165) is 139 Å². The normalized spacial score (nSPS) is 21.5. The van der Waals surface area contributed by atoms with Crippen molar-refractivity contribution in [3.05, 3.63) is 114 Å². The van der Waals surface area contributed by atoms with Crippen molar-refractivity contribution < 1.29 is 67.6 Å². The van der Waals surface area contributed by atoms with Crippen LogP contribution in [0.15, 0.2) is 49.1 Å². The Kier molecular flexibility index (Phi) is 35.6. The summed E-state index contributed by atoms with van der Waals surface area (Å²) >= 11 is 4.56. The highest BCUT2D eigenvalue weighted by molar-refractivity contribution is 7.18. The average molecular weight is 1940 g/mol. The molecule has 732 valence electrons. The fourth-order valence-electron chi connectivity index (χ4n) is 17.5. The van der Waals surface area contributed by atoms with Crippen molar-refractivity contribution in [1.82, 2.24) is 80.7 Å². The quantitative estimate of drug-likeness (QED) is 0.0217. The molecule has 12 heterocycles. The zero-order chi connectivity index (χ0) is 97.7. The van der Waals surface area contributed by atoms with Gasteiger partial charge in [0.05, 0.1) is 56.5 Å². The van der Waals surface area contributed by atoms with Gasteiger partial charge < -0.3 is 82.6 Å². The minimum absolute atomic E-state index is 0.00795. The molecular weight excluding hydrogens is 1800 g/mol. The Morgan fingerprint density at radius 1 is 0.444 bits per heavy atom. The largest absolute Gasteiger partial charge is 0.394 e. The lowest BCUT2D eigenvalue weighted by Crippen LogP contribution is -2.50. The van der Waals surface area contributed by atoms with Crippen LogP contribution >= 0.6 is 45.3 Å². The second-order valence-electron chi connectivity index (χ2n) is 38.2. The number of aryl methyl sites for hydroxylation is 3. The second-order valence-corrected chi connectivity index (χ2v) is 42.2. The summed E-state index contributed by atoms with van der Waals surface area (Å²) in [7, 11) is 0. The van der Waals surface area contributed by atoms with E-state index in [1.54, 1.807) is 23.5 Å². The Labute approximate surface area is 805 Å². The molecule has 0 aromatic carbocycles. The van der Waals surface area contributed by atoms with Crippen LogP contribution in [0, 0.1) is 20.8 Å². The first-order valence-electron chi connectivity index (χ1n) is 47.6. The highest BCUT2D eigenvalue weighted by Crippen LogP contribution is 2.43. The molecule has 4 saturated heterocycles. The van der Waals surface area contributed by atoms with Crippen molar-refractivity contribution >= 4 is 116 Å². The molecule has 0 spiro atoms. The molecule has 15 rings (SSSR count). The number of carbonyl (C=O) groups is 8. The number of rotatable bonds is 28. The molecule has 38 heteroatoms. The number of likely N-dealkylation sites (tertiary alicyclic amines) is 4. The molecule has 0 unspecified atom stereocenters. The zero-order valence-corrected chi connectivity index (χ0v) is 83.8.